The number of thiazole rings is 1. The number of pyridine rings is 1. The van der Waals surface area contributed by atoms with Gasteiger partial charge < -0.3 is 9.64 Å². The second kappa shape index (κ2) is 7.12. The lowest BCUT2D eigenvalue weighted by molar-refractivity contribution is 0.112. The summed E-state index contributed by atoms with van der Waals surface area (Å²) in [4.78, 5) is 22.2. The molecule has 0 saturated heterocycles. The number of rotatable bonds is 7. The van der Waals surface area contributed by atoms with E-state index in [4.69, 9.17) is 4.74 Å². The summed E-state index contributed by atoms with van der Waals surface area (Å²) < 4.78 is 5.05. The molecule has 0 fully saturated rings. The first-order chi connectivity index (χ1) is 9.74. The summed E-state index contributed by atoms with van der Waals surface area (Å²) in [6.07, 6.45) is 5.33. The van der Waals surface area contributed by atoms with Gasteiger partial charge in [-0.3, -0.25) is 9.78 Å². The number of ether oxygens (including phenoxy) is 1. The fraction of sp³-hybridized carbons (Fsp3) is 0.357. The van der Waals surface area contributed by atoms with Crippen molar-refractivity contribution in [3.8, 4) is 0 Å². The second-order valence-corrected chi connectivity index (χ2v) is 5.39. The quantitative estimate of drug-likeness (QED) is 0.732. The molecule has 0 radical (unpaired) electrons. The summed E-state index contributed by atoms with van der Waals surface area (Å²) in [5, 5.41) is 0.841. The average molecular weight is 291 g/mol. The van der Waals surface area contributed by atoms with Gasteiger partial charge in [0.05, 0.1) is 17.2 Å². The summed E-state index contributed by atoms with van der Waals surface area (Å²) in [7, 11) is 3.58. The van der Waals surface area contributed by atoms with Crippen molar-refractivity contribution < 1.29 is 9.53 Å². The molecule has 5 nitrogen and oxygen atoms in total. The fourth-order valence-electron chi connectivity index (χ4n) is 1.79. The Morgan fingerprint density at radius 3 is 2.80 bits per heavy atom. The summed E-state index contributed by atoms with van der Waals surface area (Å²) in [5.41, 5.74) is 1.94. The van der Waals surface area contributed by atoms with Gasteiger partial charge in [-0.05, 0) is 24.1 Å². The first kappa shape index (κ1) is 14.6. The zero-order chi connectivity index (χ0) is 14.4. The van der Waals surface area contributed by atoms with Crippen LogP contribution in [0.15, 0.2) is 24.5 Å². The maximum absolute atomic E-state index is 11.0. The Labute approximate surface area is 122 Å². The van der Waals surface area contributed by atoms with E-state index in [1.54, 1.807) is 19.5 Å². The van der Waals surface area contributed by atoms with Crippen molar-refractivity contribution in [1.29, 1.82) is 0 Å². The van der Waals surface area contributed by atoms with E-state index in [0.29, 0.717) is 17.2 Å². The molecule has 0 bridgehead atoms. The van der Waals surface area contributed by atoms with E-state index in [2.05, 4.69) is 14.9 Å². The van der Waals surface area contributed by atoms with E-state index in [1.165, 1.54) is 16.9 Å². The highest BCUT2D eigenvalue weighted by atomic mass is 32.1. The van der Waals surface area contributed by atoms with Crippen LogP contribution in [0.2, 0.25) is 0 Å². The van der Waals surface area contributed by atoms with Crippen LogP contribution in [0.5, 0.6) is 0 Å². The third kappa shape index (κ3) is 3.61. The average Bonchev–Trinajstić information content (AvgIpc) is 2.89. The van der Waals surface area contributed by atoms with Crippen molar-refractivity contribution in [3.63, 3.8) is 0 Å². The third-order valence-corrected chi connectivity index (χ3v) is 4.05. The molecular weight excluding hydrogens is 274 g/mol. The number of aldehydes is 1. The first-order valence-corrected chi connectivity index (χ1v) is 7.10. The van der Waals surface area contributed by atoms with Crippen molar-refractivity contribution in [1.82, 2.24) is 9.97 Å². The van der Waals surface area contributed by atoms with Crippen LogP contribution >= 0.6 is 11.3 Å². The van der Waals surface area contributed by atoms with Gasteiger partial charge in [-0.1, -0.05) is 11.3 Å². The van der Waals surface area contributed by atoms with Crippen molar-refractivity contribution in [2.24, 2.45) is 0 Å². The van der Waals surface area contributed by atoms with E-state index < -0.39 is 0 Å². The maximum Gasteiger partial charge on any atom is 0.186 e. The molecule has 20 heavy (non-hydrogen) atoms. The van der Waals surface area contributed by atoms with Gasteiger partial charge in [-0.15, -0.1) is 0 Å². The normalized spacial score (nSPS) is 10.5. The molecule has 0 atom stereocenters. The number of carbonyl (C=O) groups is 1. The van der Waals surface area contributed by atoms with Crippen LogP contribution in [-0.4, -0.2) is 37.0 Å². The van der Waals surface area contributed by atoms with E-state index in [0.717, 1.165) is 24.4 Å². The minimum absolute atomic E-state index is 0.364. The van der Waals surface area contributed by atoms with Gasteiger partial charge in [-0.25, -0.2) is 4.98 Å². The third-order valence-electron chi connectivity index (χ3n) is 2.92. The van der Waals surface area contributed by atoms with Crippen LogP contribution in [0.25, 0.3) is 0 Å². The Morgan fingerprint density at radius 1 is 1.40 bits per heavy atom. The second-order valence-electron chi connectivity index (χ2n) is 4.39. The van der Waals surface area contributed by atoms with E-state index in [1.807, 2.05) is 19.2 Å². The zero-order valence-electron chi connectivity index (χ0n) is 11.6. The number of methoxy groups -OCH3 is 1. The minimum Gasteiger partial charge on any atom is -0.378 e. The lowest BCUT2D eigenvalue weighted by Gasteiger charge is -2.15. The molecule has 6 heteroatoms. The number of hydrogen-bond donors (Lipinski definition) is 0. The molecule has 0 unspecified atom stereocenters. The highest BCUT2D eigenvalue weighted by Crippen LogP contribution is 2.25. The topological polar surface area (TPSA) is 55.3 Å². The highest BCUT2D eigenvalue weighted by Gasteiger charge is 2.13. The molecular formula is C14H17N3O2S. The Hall–Kier alpha value is -1.79. The van der Waals surface area contributed by atoms with E-state index in [9.17, 15) is 4.79 Å². The smallest absolute Gasteiger partial charge is 0.186 e. The van der Waals surface area contributed by atoms with Crippen LogP contribution in [0.1, 0.15) is 20.9 Å². The van der Waals surface area contributed by atoms with Crippen molar-refractivity contribution in [3.05, 3.63) is 40.7 Å². The molecule has 0 aliphatic carbocycles. The lowest BCUT2D eigenvalue weighted by atomic mass is 10.2. The zero-order valence-corrected chi connectivity index (χ0v) is 12.4. The van der Waals surface area contributed by atoms with Gasteiger partial charge in [0.25, 0.3) is 0 Å². The van der Waals surface area contributed by atoms with Crippen LogP contribution in [0.3, 0.4) is 0 Å². The van der Waals surface area contributed by atoms with Gasteiger partial charge in [0.1, 0.15) is 0 Å². The SMILES string of the molecule is COCc1nc(N(C)CCc2ccncc2)sc1C=O. The molecule has 0 aliphatic heterocycles. The minimum atomic E-state index is 0.364. The summed E-state index contributed by atoms with van der Waals surface area (Å²) >= 11 is 1.40. The molecule has 106 valence electrons. The Bertz CT molecular complexity index is 557. The van der Waals surface area contributed by atoms with Gasteiger partial charge in [0.2, 0.25) is 0 Å². The Kier molecular flexibility index (Phi) is 5.20. The van der Waals surface area contributed by atoms with Crippen molar-refractivity contribution in [2.45, 2.75) is 13.0 Å². The van der Waals surface area contributed by atoms with Gasteiger partial charge >= 0.3 is 0 Å². The largest absolute Gasteiger partial charge is 0.378 e. The molecule has 2 aromatic heterocycles. The molecule has 0 saturated carbocycles. The van der Waals surface area contributed by atoms with Gasteiger partial charge in [-0.2, -0.15) is 0 Å². The molecule has 0 aliphatic rings. The molecule has 2 rings (SSSR count). The van der Waals surface area contributed by atoms with Crippen molar-refractivity contribution in [2.75, 3.05) is 25.6 Å². The Morgan fingerprint density at radius 2 is 2.15 bits per heavy atom. The molecule has 0 amide bonds. The predicted molar refractivity (Wildman–Crippen MR) is 79.4 cm³/mol. The molecule has 0 aromatic carbocycles. The first-order valence-electron chi connectivity index (χ1n) is 6.28. The highest BCUT2D eigenvalue weighted by molar-refractivity contribution is 7.17. The molecule has 0 N–H and O–H groups in total. The molecule has 2 heterocycles. The summed E-state index contributed by atoms with van der Waals surface area (Å²) in [6.45, 7) is 1.20. The van der Waals surface area contributed by atoms with Crippen molar-refractivity contribution >= 4 is 22.8 Å². The Balaban J connectivity index is 2.01. The number of anilines is 1. The van der Waals surface area contributed by atoms with Crippen LogP contribution < -0.4 is 4.90 Å². The molecule has 2 aromatic rings. The summed E-state index contributed by atoms with van der Waals surface area (Å²) in [5.74, 6) is 0. The number of carbonyl (C=O) groups excluding carboxylic acids is 1. The van der Waals surface area contributed by atoms with E-state index >= 15 is 0 Å². The maximum atomic E-state index is 11.0. The summed E-state index contributed by atoms with van der Waals surface area (Å²) in [6, 6.07) is 4.01. The van der Waals surface area contributed by atoms with Crippen LogP contribution in [-0.2, 0) is 17.8 Å². The van der Waals surface area contributed by atoms with Gasteiger partial charge in [0, 0.05) is 33.1 Å². The number of nitrogens with zero attached hydrogens (tertiary/aromatic N) is 3. The van der Waals surface area contributed by atoms with Gasteiger partial charge in [0.15, 0.2) is 11.4 Å². The number of hydrogen-bond acceptors (Lipinski definition) is 6. The number of aromatic nitrogens is 2. The predicted octanol–water partition coefficient (Wildman–Crippen LogP) is 2.18. The lowest BCUT2D eigenvalue weighted by Crippen LogP contribution is -2.20. The van der Waals surface area contributed by atoms with Crippen LogP contribution in [0.4, 0.5) is 5.13 Å². The van der Waals surface area contributed by atoms with Crippen LogP contribution in [0, 0.1) is 0 Å². The number of likely N-dealkylation sites (N-methyl/N-ethyl adjacent to an activating group) is 1. The standard InChI is InChI=1S/C14H17N3O2S/c1-17(8-5-11-3-6-15-7-4-11)14-16-12(10-19-2)13(9-18)20-14/h3-4,6-7,9H,5,8,10H2,1-2H3. The molecule has 0 spiro atoms. The monoisotopic (exact) mass is 291 g/mol. The van der Waals surface area contributed by atoms with E-state index in [-0.39, 0.29) is 0 Å². The fourth-order valence-corrected chi connectivity index (χ4v) is 2.66.